The van der Waals surface area contributed by atoms with Crippen molar-refractivity contribution in [3.63, 3.8) is 0 Å². The minimum atomic E-state index is -3.89. The smallest absolute Gasteiger partial charge is 0.264 e. The van der Waals surface area contributed by atoms with Crippen molar-refractivity contribution in [3.8, 4) is 0 Å². The molecule has 0 spiro atoms. The summed E-state index contributed by atoms with van der Waals surface area (Å²) in [7, 11) is -0.0818. The summed E-state index contributed by atoms with van der Waals surface area (Å²) in [6.45, 7) is 3.99. The maximum atomic E-state index is 12.6. The van der Waals surface area contributed by atoms with Gasteiger partial charge in [0.1, 0.15) is 0 Å². The number of benzene rings is 2. The average molecular weight is 348 g/mol. The maximum Gasteiger partial charge on any atom is 0.264 e. The highest BCUT2D eigenvalue weighted by atomic mass is 32.2. The normalized spacial score (nSPS) is 11.7. The van der Waals surface area contributed by atoms with Gasteiger partial charge in [-0.25, -0.2) is 13.1 Å². The Labute approximate surface area is 143 Å². The largest absolute Gasteiger partial charge is 0.377 e. The lowest BCUT2D eigenvalue weighted by molar-refractivity contribution is -0.119. The van der Waals surface area contributed by atoms with Crippen molar-refractivity contribution in [1.82, 2.24) is 4.72 Å². The zero-order valence-electron chi connectivity index (χ0n) is 14.5. The first-order valence-electron chi connectivity index (χ1n) is 7.97. The Hall–Kier alpha value is -2.08. The second kappa shape index (κ2) is 7.21. The summed E-state index contributed by atoms with van der Waals surface area (Å²) in [6, 6.07) is 10.6. The third-order valence-corrected chi connectivity index (χ3v) is 5.26. The lowest BCUT2D eigenvalue weighted by Gasteiger charge is -2.17. The monoisotopic (exact) mass is 348 g/mol. The van der Waals surface area contributed by atoms with Gasteiger partial charge in [-0.05, 0) is 24.5 Å². The molecule has 0 bridgehead atoms. The van der Waals surface area contributed by atoms with Gasteiger partial charge >= 0.3 is 0 Å². The standard InChI is InChI=1S/C18H24N2O3S/c1-13(2)11-12-18(21)19-24(22,23)17-10-6-7-14-15(17)8-5-9-16(14)20(3)4/h5-10,13H,11-12H2,1-4H3,(H,19,21). The van der Waals surface area contributed by atoms with Crippen LogP contribution in [-0.4, -0.2) is 28.4 Å². The summed E-state index contributed by atoms with van der Waals surface area (Å²) in [4.78, 5) is 14.0. The van der Waals surface area contributed by atoms with E-state index in [0.29, 0.717) is 17.7 Å². The predicted octanol–water partition coefficient (Wildman–Crippen LogP) is 3.15. The molecule has 0 saturated carbocycles. The minimum absolute atomic E-state index is 0.126. The van der Waals surface area contributed by atoms with Crippen molar-refractivity contribution in [1.29, 1.82) is 0 Å². The maximum absolute atomic E-state index is 12.6. The SMILES string of the molecule is CC(C)CCC(=O)NS(=O)(=O)c1cccc2c(N(C)C)cccc12. The molecule has 1 N–H and O–H groups in total. The van der Waals surface area contributed by atoms with Gasteiger partial charge in [-0.3, -0.25) is 4.79 Å². The Kier molecular flexibility index (Phi) is 5.49. The molecule has 0 atom stereocenters. The Morgan fingerprint density at radius 3 is 2.33 bits per heavy atom. The molecule has 0 saturated heterocycles. The number of nitrogens with one attached hydrogen (secondary N) is 1. The molecule has 0 aliphatic rings. The number of rotatable bonds is 6. The van der Waals surface area contributed by atoms with Crippen molar-refractivity contribution < 1.29 is 13.2 Å². The molecule has 24 heavy (non-hydrogen) atoms. The molecule has 2 aromatic rings. The van der Waals surface area contributed by atoms with E-state index in [0.717, 1.165) is 11.1 Å². The van der Waals surface area contributed by atoms with E-state index in [1.54, 1.807) is 12.1 Å². The van der Waals surface area contributed by atoms with Crippen LogP contribution in [0.1, 0.15) is 26.7 Å². The van der Waals surface area contributed by atoms with Gasteiger partial charge < -0.3 is 4.90 Å². The molecule has 5 nitrogen and oxygen atoms in total. The number of fused-ring (bicyclic) bond motifs is 1. The molecule has 1 amide bonds. The summed E-state index contributed by atoms with van der Waals surface area (Å²) in [5, 5.41) is 1.44. The highest BCUT2D eigenvalue weighted by molar-refractivity contribution is 7.90. The molecular weight excluding hydrogens is 324 g/mol. The molecule has 6 heteroatoms. The van der Waals surface area contributed by atoms with E-state index in [4.69, 9.17) is 0 Å². The molecular formula is C18H24N2O3S. The molecule has 130 valence electrons. The van der Waals surface area contributed by atoms with Crippen LogP contribution in [0.4, 0.5) is 5.69 Å². The Bertz CT molecular complexity index is 842. The summed E-state index contributed by atoms with van der Waals surface area (Å²) in [5.74, 6) is -0.122. The van der Waals surface area contributed by atoms with Crippen molar-refractivity contribution in [3.05, 3.63) is 36.4 Å². The number of hydrogen-bond donors (Lipinski definition) is 1. The van der Waals surface area contributed by atoms with Crippen LogP contribution < -0.4 is 9.62 Å². The first kappa shape index (κ1) is 18.3. The van der Waals surface area contributed by atoms with Crippen LogP contribution in [0.3, 0.4) is 0 Å². The van der Waals surface area contributed by atoms with E-state index in [1.807, 2.05) is 51.0 Å². The molecule has 0 heterocycles. The van der Waals surface area contributed by atoms with Crippen molar-refractivity contribution in [2.24, 2.45) is 5.92 Å². The molecule has 2 aromatic carbocycles. The first-order valence-corrected chi connectivity index (χ1v) is 9.45. The number of carbonyl (C=O) groups excluding carboxylic acids is 1. The van der Waals surface area contributed by atoms with E-state index in [2.05, 4.69) is 4.72 Å². The first-order chi connectivity index (χ1) is 11.2. The number of carbonyl (C=O) groups is 1. The van der Waals surface area contributed by atoms with Gasteiger partial charge in [0, 0.05) is 37.0 Å². The van der Waals surface area contributed by atoms with Gasteiger partial charge in [0.2, 0.25) is 5.91 Å². The lowest BCUT2D eigenvalue weighted by Crippen LogP contribution is -2.30. The van der Waals surface area contributed by atoms with Gasteiger partial charge in [0.15, 0.2) is 0 Å². The topological polar surface area (TPSA) is 66.5 Å². The van der Waals surface area contributed by atoms with Crippen LogP contribution in [0.2, 0.25) is 0 Å². The van der Waals surface area contributed by atoms with Crippen LogP contribution in [0.25, 0.3) is 10.8 Å². The molecule has 0 unspecified atom stereocenters. The van der Waals surface area contributed by atoms with Gasteiger partial charge in [0.05, 0.1) is 4.90 Å². The van der Waals surface area contributed by atoms with Crippen LogP contribution in [0.5, 0.6) is 0 Å². The highest BCUT2D eigenvalue weighted by Crippen LogP contribution is 2.30. The molecule has 0 aliphatic carbocycles. The second-order valence-corrected chi connectivity index (χ2v) is 8.13. The summed E-state index contributed by atoms with van der Waals surface area (Å²) < 4.78 is 27.5. The molecule has 0 radical (unpaired) electrons. The van der Waals surface area contributed by atoms with E-state index >= 15 is 0 Å². The van der Waals surface area contributed by atoms with Gasteiger partial charge in [0.25, 0.3) is 10.0 Å². The van der Waals surface area contributed by atoms with Crippen LogP contribution in [0, 0.1) is 5.92 Å². The predicted molar refractivity (Wildman–Crippen MR) is 97.7 cm³/mol. The highest BCUT2D eigenvalue weighted by Gasteiger charge is 2.21. The third-order valence-electron chi connectivity index (χ3n) is 3.83. The summed E-state index contributed by atoms with van der Waals surface area (Å²) in [6.07, 6.45) is 0.853. The number of amides is 1. The van der Waals surface area contributed by atoms with Crippen molar-refractivity contribution >= 4 is 32.4 Å². The molecule has 0 aromatic heterocycles. The fourth-order valence-corrected chi connectivity index (χ4v) is 3.80. The van der Waals surface area contributed by atoms with Crippen molar-refractivity contribution in [2.45, 2.75) is 31.6 Å². The van der Waals surface area contributed by atoms with Gasteiger partial charge in [-0.2, -0.15) is 0 Å². The minimum Gasteiger partial charge on any atom is -0.377 e. The van der Waals surface area contributed by atoms with E-state index in [1.165, 1.54) is 6.07 Å². The number of sulfonamides is 1. The molecule has 2 rings (SSSR count). The lowest BCUT2D eigenvalue weighted by atomic mass is 10.1. The molecule has 0 aliphatic heterocycles. The Morgan fingerprint density at radius 2 is 1.71 bits per heavy atom. The number of nitrogens with zero attached hydrogens (tertiary/aromatic N) is 1. The summed E-state index contributed by atoms with van der Waals surface area (Å²) in [5.41, 5.74) is 0.927. The fraction of sp³-hybridized carbons (Fsp3) is 0.389. The Balaban J connectivity index is 2.41. The van der Waals surface area contributed by atoms with Gasteiger partial charge in [-0.1, -0.05) is 38.1 Å². The Morgan fingerprint density at radius 1 is 1.08 bits per heavy atom. The van der Waals surface area contributed by atoms with Crippen molar-refractivity contribution in [2.75, 3.05) is 19.0 Å². The zero-order chi connectivity index (χ0) is 17.9. The third kappa shape index (κ3) is 4.06. The second-order valence-electron chi connectivity index (χ2n) is 6.48. The number of anilines is 1. The average Bonchev–Trinajstić information content (AvgIpc) is 2.51. The van der Waals surface area contributed by atoms with E-state index < -0.39 is 15.9 Å². The van der Waals surface area contributed by atoms with Crippen LogP contribution >= 0.6 is 0 Å². The van der Waals surface area contributed by atoms with E-state index in [9.17, 15) is 13.2 Å². The molecule has 0 fully saturated rings. The fourth-order valence-electron chi connectivity index (χ4n) is 2.56. The van der Waals surface area contributed by atoms with Crippen LogP contribution in [0.15, 0.2) is 41.3 Å². The number of hydrogen-bond acceptors (Lipinski definition) is 4. The van der Waals surface area contributed by atoms with Crippen LogP contribution in [-0.2, 0) is 14.8 Å². The summed E-state index contributed by atoms with van der Waals surface area (Å²) >= 11 is 0. The zero-order valence-corrected chi connectivity index (χ0v) is 15.4. The van der Waals surface area contributed by atoms with E-state index in [-0.39, 0.29) is 11.3 Å². The van der Waals surface area contributed by atoms with Gasteiger partial charge in [-0.15, -0.1) is 0 Å². The quantitative estimate of drug-likeness (QED) is 0.871.